The third kappa shape index (κ3) is 5.70. The van der Waals surface area contributed by atoms with Gasteiger partial charge in [0.1, 0.15) is 0 Å². The number of benzene rings is 1. The first-order chi connectivity index (χ1) is 8.59. The number of thioether (sulfide) groups is 1. The van der Waals surface area contributed by atoms with Crippen LogP contribution < -0.4 is 5.32 Å². The molecular formula is C12H15NO4S. The molecule has 0 radical (unpaired) electrons. The van der Waals surface area contributed by atoms with Crippen molar-refractivity contribution in [2.45, 2.75) is 17.4 Å². The van der Waals surface area contributed by atoms with Crippen molar-refractivity contribution in [3.63, 3.8) is 0 Å². The first-order valence-corrected chi connectivity index (χ1v) is 6.43. The van der Waals surface area contributed by atoms with E-state index >= 15 is 0 Å². The van der Waals surface area contributed by atoms with Crippen LogP contribution in [0.2, 0.25) is 0 Å². The summed E-state index contributed by atoms with van der Waals surface area (Å²) in [5.41, 5.74) is 0. The van der Waals surface area contributed by atoms with Crippen LogP contribution in [0.5, 0.6) is 0 Å². The number of carbonyl (C=O) groups is 2. The smallest absolute Gasteiger partial charge is 0.332 e. The van der Waals surface area contributed by atoms with E-state index in [1.54, 1.807) is 0 Å². The van der Waals surface area contributed by atoms with E-state index in [1.165, 1.54) is 11.8 Å². The molecule has 1 unspecified atom stereocenters. The van der Waals surface area contributed by atoms with E-state index in [4.69, 9.17) is 10.2 Å². The van der Waals surface area contributed by atoms with Crippen molar-refractivity contribution in [2.75, 3.05) is 12.3 Å². The zero-order valence-corrected chi connectivity index (χ0v) is 10.5. The molecule has 98 valence electrons. The predicted octanol–water partition coefficient (Wildman–Crippen LogP) is 0.731. The zero-order valence-electron chi connectivity index (χ0n) is 9.70. The molecule has 0 bridgehead atoms. The minimum atomic E-state index is -1.42. The van der Waals surface area contributed by atoms with Gasteiger partial charge in [-0.1, -0.05) is 18.2 Å². The van der Waals surface area contributed by atoms with Gasteiger partial charge in [0.25, 0.3) is 0 Å². The van der Waals surface area contributed by atoms with E-state index in [-0.39, 0.29) is 24.6 Å². The van der Waals surface area contributed by atoms with Crippen molar-refractivity contribution < 1.29 is 19.8 Å². The van der Waals surface area contributed by atoms with Crippen LogP contribution in [0.25, 0.3) is 0 Å². The highest BCUT2D eigenvalue weighted by atomic mass is 32.2. The Morgan fingerprint density at radius 3 is 2.56 bits per heavy atom. The lowest BCUT2D eigenvalue weighted by atomic mass is 10.2. The van der Waals surface area contributed by atoms with Crippen LogP contribution in [0, 0.1) is 0 Å². The number of carboxylic acids is 1. The third-order valence-electron chi connectivity index (χ3n) is 2.14. The van der Waals surface area contributed by atoms with E-state index in [2.05, 4.69) is 5.32 Å². The summed E-state index contributed by atoms with van der Waals surface area (Å²) in [6.45, 7) is 0.154. The molecule has 1 atom stereocenters. The molecule has 18 heavy (non-hydrogen) atoms. The number of carboxylic acid groups (broad SMARTS) is 1. The Balaban J connectivity index is 2.17. The Morgan fingerprint density at radius 2 is 1.94 bits per heavy atom. The number of nitrogens with one attached hydrogen (secondary N) is 1. The summed E-state index contributed by atoms with van der Waals surface area (Å²) in [6, 6.07) is 9.50. The maximum absolute atomic E-state index is 11.4. The van der Waals surface area contributed by atoms with Crippen LogP contribution in [0.1, 0.15) is 6.42 Å². The molecule has 1 aromatic carbocycles. The first-order valence-electron chi connectivity index (χ1n) is 5.45. The van der Waals surface area contributed by atoms with Crippen LogP contribution in [-0.4, -0.2) is 40.5 Å². The molecule has 0 aliphatic heterocycles. The lowest BCUT2D eigenvalue weighted by Crippen LogP contribution is -2.31. The van der Waals surface area contributed by atoms with Crippen molar-refractivity contribution in [2.24, 2.45) is 0 Å². The monoisotopic (exact) mass is 269 g/mol. The van der Waals surface area contributed by atoms with Crippen molar-refractivity contribution in [3.8, 4) is 0 Å². The predicted molar refractivity (Wildman–Crippen MR) is 68.4 cm³/mol. The van der Waals surface area contributed by atoms with Gasteiger partial charge in [0, 0.05) is 17.9 Å². The summed E-state index contributed by atoms with van der Waals surface area (Å²) < 4.78 is 0. The van der Waals surface area contributed by atoms with E-state index in [0.29, 0.717) is 0 Å². The molecule has 0 aliphatic carbocycles. The van der Waals surface area contributed by atoms with Crippen molar-refractivity contribution in [1.29, 1.82) is 0 Å². The zero-order chi connectivity index (χ0) is 13.4. The number of aliphatic hydroxyl groups is 1. The van der Waals surface area contributed by atoms with Gasteiger partial charge in [-0.25, -0.2) is 4.79 Å². The molecule has 0 saturated carbocycles. The van der Waals surface area contributed by atoms with Crippen molar-refractivity contribution in [1.82, 2.24) is 5.32 Å². The fourth-order valence-corrected chi connectivity index (χ4v) is 1.94. The Hall–Kier alpha value is -1.53. The molecule has 1 rings (SSSR count). The molecule has 0 heterocycles. The molecule has 0 spiro atoms. The third-order valence-corrected chi connectivity index (χ3v) is 3.15. The van der Waals surface area contributed by atoms with Crippen molar-refractivity contribution in [3.05, 3.63) is 30.3 Å². The molecule has 0 aromatic heterocycles. The van der Waals surface area contributed by atoms with Crippen LogP contribution in [0.3, 0.4) is 0 Å². The van der Waals surface area contributed by atoms with Crippen LogP contribution in [0.15, 0.2) is 35.2 Å². The van der Waals surface area contributed by atoms with Gasteiger partial charge >= 0.3 is 5.97 Å². The number of aliphatic hydroxyl groups excluding tert-OH is 1. The van der Waals surface area contributed by atoms with Gasteiger partial charge in [0.15, 0.2) is 6.10 Å². The highest BCUT2D eigenvalue weighted by molar-refractivity contribution is 8.00. The number of hydrogen-bond donors (Lipinski definition) is 3. The number of aliphatic carboxylic acids is 1. The quantitative estimate of drug-likeness (QED) is 0.635. The van der Waals surface area contributed by atoms with E-state index in [0.717, 1.165) is 4.90 Å². The Kier molecular flexibility index (Phi) is 6.24. The Bertz CT molecular complexity index is 396. The first kappa shape index (κ1) is 14.5. The number of carbonyl (C=O) groups excluding carboxylic acids is 1. The van der Waals surface area contributed by atoms with E-state index in [9.17, 15) is 9.59 Å². The average Bonchev–Trinajstić information content (AvgIpc) is 2.37. The van der Waals surface area contributed by atoms with Crippen LogP contribution >= 0.6 is 11.8 Å². The second kappa shape index (κ2) is 7.73. The van der Waals surface area contributed by atoms with Gasteiger partial charge in [0.05, 0.1) is 5.75 Å². The summed E-state index contributed by atoms with van der Waals surface area (Å²) in [5.74, 6) is -1.18. The summed E-state index contributed by atoms with van der Waals surface area (Å²) >= 11 is 1.40. The van der Waals surface area contributed by atoms with E-state index in [1.807, 2.05) is 30.3 Å². The molecular weight excluding hydrogens is 254 g/mol. The Morgan fingerprint density at radius 1 is 1.28 bits per heavy atom. The SMILES string of the molecule is O=C(CSc1ccccc1)NCCC(O)C(=O)O. The fourth-order valence-electron chi connectivity index (χ4n) is 1.19. The summed E-state index contributed by atoms with van der Waals surface area (Å²) in [6.07, 6.45) is -1.41. The van der Waals surface area contributed by atoms with Gasteiger partial charge in [0.2, 0.25) is 5.91 Å². The summed E-state index contributed by atoms with van der Waals surface area (Å²) in [5, 5.41) is 20.0. The van der Waals surface area contributed by atoms with Crippen LogP contribution in [0.4, 0.5) is 0 Å². The molecule has 6 heteroatoms. The van der Waals surface area contributed by atoms with Gasteiger partial charge in [-0.2, -0.15) is 0 Å². The lowest BCUT2D eigenvalue weighted by Gasteiger charge is -2.07. The normalized spacial score (nSPS) is 11.8. The molecule has 3 N–H and O–H groups in total. The van der Waals surface area contributed by atoms with Gasteiger partial charge in [-0.3, -0.25) is 4.79 Å². The molecule has 1 aromatic rings. The highest BCUT2D eigenvalue weighted by Gasteiger charge is 2.12. The maximum Gasteiger partial charge on any atom is 0.332 e. The summed E-state index contributed by atoms with van der Waals surface area (Å²) in [4.78, 5) is 22.7. The van der Waals surface area contributed by atoms with Gasteiger partial charge < -0.3 is 15.5 Å². The van der Waals surface area contributed by atoms with Crippen LogP contribution in [-0.2, 0) is 9.59 Å². The van der Waals surface area contributed by atoms with Gasteiger partial charge in [-0.15, -0.1) is 11.8 Å². The maximum atomic E-state index is 11.4. The minimum absolute atomic E-state index is 0.0110. The second-order valence-electron chi connectivity index (χ2n) is 3.59. The summed E-state index contributed by atoms with van der Waals surface area (Å²) in [7, 11) is 0. The molecule has 0 fully saturated rings. The molecule has 1 amide bonds. The fraction of sp³-hybridized carbons (Fsp3) is 0.333. The molecule has 0 saturated heterocycles. The number of amides is 1. The number of hydrogen-bond acceptors (Lipinski definition) is 4. The second-order valence-corrected chi connectivity index (χ2v) is 4.64. The average molecular weight is 269 g/mol. The Labute approximate surface area is 109 Å². The number of rotatable bonds is 7. The van der Waals surface area contributed by atoms with E-state index < -0.39 is 12.1 Å². The highest BCUT2D eigenvalue weighted by Crippen LogP contribution is 2.16. The minimum Gasteiger partial charge on any atom is -0.479 e. The largest absolute Gasteiger partial charge is 0.479 e. The van der Waals surface area contributed by atoms with Crippen molar-refractivity contribution >= 4 is 23.6 Å². The molecule has 0 aliphatic rings. The lowest BCUT2D eigenvalue weighted by molar-refractivity contribution is -0.147. The molecule has 5 nitrogen and oxygen atoms in total. The van der Waals surface area contributed by atoms with Gasteiger partial charge in [-0.05, 0) is 12.1 Å². The topological polar surface area (TPSA) is 86.6 Å². The standard InChI is InChI=1S/C12H15NO4S/c14-10(12(16)17)6-7-13-11(15)8-18-9-4-2-1-3-5-9/h1-5,10,14H,6-8H2,(H,13,15)(H,16,17).